The Hall–Kier alpha value is -3.03. The highest BCUT2D eigenvalue weighted by Gasteiger charge is 2.24. The lowest BCUT2D eigenvalue weighted by Crippen LogP contribution is -2.41. The molecule has 3 aromatic rings. The first-order valence-electron chi connectivity index (χ1n) is 11.0. The number of hydrogen-bond acceptors (Lipinski definition) is 5. The van der Waals surface area contributed by atoms with Gasteiger partial charge in [0.2, 0.25) is 5.91 Å². The van der Waals surface area contributed by atoms with Gasteiger partial charge in [-0.15, -0.1) is 0 Å². The summed E-state index contributed by atoms with van der Waals surface area (Å²) in [6, 6.07) is 13.8. The molecule has 0 unspecified atom stereocenters. The number of morpholine rings is 1. The van der Waals surface area contributed by atoms with Gasteiger partial charge in [-0.1, -0.05) is 18.2 Å². The number of rotatable bonds is 9. The van der Waals surface area contributed by atoms with Crippen molar-refractivity contribution in [3.05, 3.63) is 59.8 Å². The van der Waals surface area contributed by atoms with Gasteiger partial charge in [-0.2, -0.15) is 0 Å². The molecule has 1 aromatic heterocycles. The topological polar surface area (TPSA) is 75.8 Å². The molecule has 0 spiro atoms. The lowest BCUT2D eigenvalue weighted by Gasteiger charge is -2.26. The van der Waals surface area contributed by atoms with Crippen molar-refractivity contribution in [1.29, 1.82) is 0 Å². The molecule has 7 nitrogen and oxygen atoms in total. The molecule has 4 rings (SSSR count). The molecule has 1 aliphatic heterocycles. The maximum absolute atomic E-state index is 13.0. The van der Waals surface area contributed by atoms with E-state index >= 15 is 0 Å². The fourth-order valence-electron chi connectivity index (χ4n) is 4.31. The van der Waals surface area contributed by atoms with E-state index in [4.69, 9.17) is 14.2 Å². The van der Waals surface area contributed by atoms with Crippen molar-refractivity contribution in [3.8, 4) is 11.5 Å². The third-order valence-electron chi connectivity index (χ3n) is 6.05. The van der Waals surface area contributed by atoms with Crippen molar-refractivity contribution < 1.29 is 19.0 Å². The molecule has 0 aliphatic carbocycles. The Kier molecular flexibility index (Phi) is 7.29. The van der Waals surface area contributed by atoms with E-state index in [1.165, 1.54) is 0 Å². The van der Waals surface area contributed by atoms with E-state index in [2.05, 4.69) is 15.2 Å². The number of aromatic nitrogens is 1. The van der Waals surface area contributed by atoms with Crippen molar-refractivity contribution >= 4 is 16.8 Å². The third-order valence-corrected chi connectivity index (χ3v) is 6.05. The average molecular weight is 438 g/mol. The molecular weight excluding hydrogens is 406 g/mol. The van der Waals surface area contributed by atoms with Crippen molar-refractivity contribution in [3.63, 3.8) is 0 Å². The van der Waals surface area contributed by atoms with Gasteiger partial charge in [0.05, 0.1) is 27.4 Å². The summed E-state index contributed by atoms with van der Waals surface area (Å²) in [6.07, 6.45) is 2.32. The summed E-state index contributed by atoms with van der Waals surface area (Å²) in [4.78, 5) is 18.6. The summed E-state index contributed by atoms with van der Waals surface area (Å²) in [6.45, 7) is 4.80. The predicted octanol–water partition coefficient (Wildman–Crippen LogP) is 3.16. The molecule has 2 N–H and O–H groups in total. The summed E-state index contributed by atoms with van der Waals surface area (Å²) < 4.78 is 16.5. The fraction of sp³-hybridized carbons (Fsp3) is 0.400. The van der Waals surface area contributed by atoms with Crippen LogP contribution in [0.3, 0.4) is 0 Å². The minimum atomic E-state index is -0.157. The standard InChI is InChI=1S/C25H31N3O4/c1-30-18-7-8-23-21(15-18)22(17-27-23)20(19-5-3-4-6-24(19)31-2)16-25(29)26-9-10-28-11-13-32-14-12-28/h3-8,15,17,20,27H,9-14,16H2,1-2H3,(H,26,29)/t20-/m1/s1. The highest BCUT2D eigenvalue weighted by molar-refractivity contribution is 5.87. The monoisotopic (exact) mass is 437 g/mol. The quantitative estimate of drug-likeness (QED) is 0.538. The zero-order valence-corrected chi connectivity index (χ0v) is 18.7. The Labute approximate surface area is 188 Å². The van der Waals surface area contributed by atoms with E-state index in [0.717, 1.165) is 66.4 Å². The first-order valence-corrected chi connectivity index (χ1v) is 11.0. The largest absolute Gasteiger partial charge is 0.497 e. The van der Waals surface area contributed by atoms with Gasteiger partial charge in [-0.3, -0.25) is 9.69 Å². The Balaban J connectivity index is 1.57. The molecule has 7 heteroatoms. The maximum atomic E-state index is 13.0. The summed E-state index contributed by atoms with van der Waals surface area (Å²) >= 11 is 0. The molecular formula is C25H31N3O4. The molecule has 2 heterocycles. The highest BCUT2D eigenvalue weighted by atomic mass is 16.5. The Bertz CT molecular complexity index is 1040. The number of amides is 1. The number of fused-ring (bicyclic) bond motifs is 1. The van der Waals surface area contributed by atoms with E-state index in [1.807, 2.05) is 48.7 Å². The molecule has 0 radical (unpaired) electrons. The van der Waals surface area contributed by atoms with Gasteiger partial charge in [-0.05, 0) is 29.8 Å². The second-order valence-electron chi connectivity index (χ2n) is 7.96. The van der Waals surface area contributed by atoms with Crippen LogP contribution in [0.15, 0.2) is 48.7 Å². The molecule has 1 aliphatic rings. The number of ether oxygens (including phenoxy) is 3. The van der Waals surface area contributed by atoms with Crippen molar-refractivity contribution in [2.75, 3.05) is 53.6 Å². The van der Waals surface area contributed by atoms with Gasteiger partial charge in [0, 0.05) is 61.2 Å². The number of methoxy groups -OCH3 is 2. The minimum absolute atomic E-state index is 0.0198. The van der Waals surface area contributed by atoms with E-state index in [0.29, 0.717) is 13.0 Å². The molecule has 170 valence electrons. The van der Waals surface area contributed by atoms with Crippen LogP contribution in [0.5, 0.6) is 11.5 Å². The lowest BCUT2D eigenvalue weighted by atomic mass is 9.87. The molecule has 1 amide bonds. The Morgan fingerprint density at radius 2 is 1.94 bits per heavy atom. The number of benzene rings is 2. The van der Waals surface area contributed by atoms with Crippen LogP contribution < -0.4 is 14.8 Å². The zero-order chi connectivity index (χ0) is 22.3. The Morgan fingerprint density at radius 3 is 2.72 bits per heavy atom. The van der Waals surface area contributed by atoms with Crippen LogP contribution >= 0.6 is 0 Å². The van der Waals surface area contributed by atoms with E-state index < -0.39 is 0 Å². The SMILES string of the molecule is COc1ccc2[nH]cc([C@H](CC(=O)NCCN3CCOCC3)c3ccccc3OC)c2c1. The van der Waals surface area contributed by atoms with Crippen molar-refractivity contribution in [1.82, 2.24) is 15.2 Å². The molecule has 1 atom stereocenters. The maximum Gasteiger partial charge on any atom is 0.220 e. The molecule has 0 bridgehead atoms. The molecule has 2 aromatic carbocycles. The van der Waals surface area contributed by atoms with Crippen molar-refractivity contribution in [2.45, 2.75) is 12.3 Å². The number of nitrogens with one attached hydrogen (secondary N) is 2. The second kappa shape index (κ2) is 10.5. The van der Waals surface area contributed by atoms with Crippen LogP contribution in [-0.4, -0.2) is 69.4 Å². The number of nitrogens with zero attached hydrogens (tertiary/aromatic N) is 1. The van der Waals surface area contributed by atoms with Gasteiger partial charge >= 0.3 is 0 Å². The normalized spacial score (nSPS) is 15.4. The lowest BCUT2D eigenvalue weighted by molar-refractivity contribution is -0.121. The number of carbonyl (C=O) groups is 1. The van der Waals surface area contributed by atoms with E-state index in [1.54, 1.807) is 14.2 Å². The first kappa shape index (κ1) is 22.2. The van der Waals surface area contributed by atoms with Crippen molar-refractivity contribution in [2.24, 2.45) is 0 Å². The number of carbonyl (C=O) groups excluding carboxylic acids is 1. The second-order valence-corrected chi connectivity index (χ2v) is 7.96. The number of para-hydroxylation sites is 1. The molecule has 32 heavy (non-hydrogen) atoms. The number of aromatic amines is 1. The Morgan fingerprint density at radius 1 is 1.12 bits per heavy atom. The summed E-state index contributed by atoms with van der Waals surface area (Å²) in [5.74, 6) is 1.42. The summed E-state index contributed by atoms with van der Waals surface area (Å²) in [5, 5.41) is 4.15. The van der Waals surface area contributed by atoms with Crippen LogP contribution in [-0.2, 0) is 9.53 Å². The van der Waals surface area contributed by atoms with Gasteiger partial charge in [0.1, 0.15) is 11.5 Å². The van der Waals surface area contributed by atoms with Gasteiger partial charge in [-0.25, -0.2) is 0 Å². The zero-order valence-electron chi connectivity index (χ0n) is 18.7. The van der Waals surface area contributed by atoms with E-state index in [-0.39, 0.29) is 11.8 Å². The minimum Gasteiger partial charge on any atom is -0.497 e. The fourth-order valence-corrected chi connectivity index (χ4v) is 4.31. The highest BCUT2D eigenvalue weighted by Crippen LogP contribution is 2.38. The summed E-state index contributed by atoms with van der Waals surface area (Å²) in [5.41, 5.74) is 3.04. The average Bonchev–Trinajstić information content (AvgIpc) is 3.26. The van der Waals surface area contributed by atoms with Crippen LogP contribution in [0, 0.1) is 0 Å². The van der Waals surface area contributed by atoms with Crippen LogP contribution in [0.1, 0.15) is 23.5 Å². The predicted molar refractivity (Wildman–Crippen MR) is 125 cm³/mol. The van der Waals surface area contributed by atoms with Gasteiger partial charge in [0.15, 0.2) is 0 Å². The number of hydrogen-bond donors (Lipinski definition) is 2. The van der Waals surface area contributed by atoms with Crippen LogP contribution in [0.4, 0.5) is 0 Å². The molecule has 1 fully saturated rings. The molecule has 0 saturated carbocycles. The molecule has 1 saturated heterocycles. The first-order chi connectivity index (χ1) is 15.7. The summed E-state index contributed by atoms with van der Waals surface area (Å²) in [7, 11) is 3.32. The van der Waals surface area contributed by atoms with Crippen LogP contribution in [0.25, 0.3) is 10.9 Å². The third kappa shape index (κ3) is 5.06. The van der Waals surface area contributed by atoms with Gasteiger partial charge in [0.25, 0.3) is 0 Å². The number of H-pyrrole nitrogens is 1. The van der Waals surface area contributed by atoms with Gasteiger partial charge < -0.3 is 24.5 Å². The van der Waals surface area contributed by atoms with E-state index in [9.17, 15) is 4.79 Å². The smallest absolute Gasteiger partial charge is 0.220 e. The van der Waals surface area contributed by atoms with Crippen LogP contribution in [0.2, 0.25) is 0 Å².